The van der Waals surface area contributed by atoms with Gasteiger partial charge in [-0.3, -0.25) is 9.59 Å². The van der Waals surface area contributed by atoms with Crippen molar-refractivity contribution in [3.8, 4) is 0 Å². The van der Waals surface area contributed by atoms with Gasteiger partial charge in [-0.05, 0) is 53.8 Å². The van der Waals surface area contributed by atoms with Gasteiger partial charge in [-0.2, -0.15) is 0 Å². The predicted octanol–water partition coefficient (Wildman–Crippen LogP) is 7.28. The lowest BCUT2D eigenvalue weighted by atomic mass is 9.94. The van der Waals surface area contributed by atoms with Gasteiger partial charge in [0, 0.05) is 24.0 Å². The summed E-state index contributed by atoms with van der Waals surface area (Å²) in [4.78, 5) is 29.3. The summed E-state index contributed by atoms with van der Waals surface area (Å²) in [7, 11) is 0. The number of nitrogens with zero attached hydrogens (tertiary/aromatic N) is 1. The van der Waals surface area contributed by atoms with Gasteiger partial charge in [0.05, 0.1) is 16.5 Å². The summed E-state index contributed by atoms with van der Waals surface area (Å²) in [5, 5.41) is 4.71. The molecule has 194 valence electrons. The number of benzene rings is 3. The van der Waals surface area contributed by atoms with E-state index >= 15 is 0 Å². The lowest BCUT2D eigenvalue weighted by Crippen LogP contribution is -2.53. The van der Waals surface area contributed by atoms with Gasteiger partial charge < -0.3 is 10.2 Å². The summed E-state index contributed by atoms with van der Waals surface area (Å²) in [6.07, 6.45) is 5.88. The van der Waals surface area contributed by atoms with Gasteiger partial charge in [0.1, 0.15) is 6.04 Å². The van der Waals surface area contributed by atoms with Crippen LogP contribution in [0.5, 0.6) is 0 Å². The molecule has 0 aliphatic heterocycles. The van der Waals surface area contributed by atoms with Crippen LogP contribution in [-0.2, 0) is 29.0 Å². The number of nitrogens with one attached hydrogen (secondary N) is 1. The van der Waals surface area contributed by atoms with Gasteiger partial charge >= 0.3 is 0 Å². The summed E-state index contributed by atoms with van der Waals surface area (Å²) >= 11 is 18.4. The van der Waals surface area contributed by atoms with Crippen LogP contribution in [0.1, 0.15) is 48.8 Å². The second-order valence-corrected chi connectivity index (χ2v) is 10.9. The first kappa shape index (κ1) is 27.5. The first-order chi connectivity index (χ1) is 17.9. The highest BCUT2D eigenvalue weighted by molar-refractivity contribution is 6.42. The molecule has 0 unspecified atom stereocenters. The Morgan fingerprint density at radius 2 is 1.49 bits per heavy atom. The number of hydrogen-bond acceptors (Lipinski definition) is 2. The van der Waals surface area contributed by atoms with E-state index in [-0.39, 0.29) is 30.8 Å². The van der Waals surface area contributed by atoms with E-state index in [4.69, 9.17) is 34.8 Å². The van der Waals surface area contributed by atoms with Crippen LogP contribution in [0, 0.1) is 0 Å². The van der Waals surface area contributed by atoms with E-state index in [0.29, 0.717) is 21.5 Å². The Bertz CT molecular complexity index is 1200. The second kappa shape index (κ2) is 13.3. The van der Waals surface area contributed by atoms with Gasteiger partial charge in [-0.1, -0.05) is 103 Å². The highest BCUT2D eigenvalue weighted by Crippen LogP contribution is 2.25. The van der Waals surface area contributed by atoms with Crippen molar-refractivity contribution in [2.75, 3.05) is 0 Å². The zero-order valence-corrected chi connectivity index (χ0v) is 22.9. The normalized spacial score (nSPS) is 14.7. The SMILES string of the molecule is O=C(NC1CCCCC1)[C@@H](Cc1ccccc1)N(Cc1ccc(Cl)cc1)C(=O)Cc1ccc(Cl)c(Cl)c1. The molecule has 0 heterocycles. The van der Waals surface area contributed by atoms with Crippen LogP contribution in [0.25, 0.3) is 0 Å². The predicted molar refractivity (Wildman–Crippen MR) is 151 cm³/mol. The maximum Gasteiger partial charge on any atom is 0.243 e. The van der Waals surface area contributed by atoms with Crippen molar-refractivity contribution in [1.82, 2.24) is 10.2 Å². The zero-order valence-electron chi connectivity index (χ0n) is 20.6. The van der Waals surface area contributed by atoms with Crippen molar-refractivity contribution >= 4 is 46.6 Å². The Morgan fingerprint density at radius 3 is 2.16 bits per heavy atom. The van der Waals surface area contributed by atoms with Crippen LogP contribution in [0.2, 0.25) is 15.1 Å². The third-order valence-electron chi connectivity index (χ3n) is 6.83. The van der Waals surface area contributed by atoms with Crippen LogP contribution in [0.3, 0.4) is 0 Å². The van der Waals surface area contributed by atoms with Crippen LogP contribution >= 0.6 is 34.8 Å². The minimum atomic E-state index is -0.671. The molecule has 1 fully saturated rings. The molecule has 37 heavy (non-hydrogen) atoms. The number of carbonyl (C=O) groups excluding carboxylic acids is 2. The first-order valence-corrected chi connectivity index (χ1v) is 13.8. The number of carbonyl (C=O) groups is 2. The highest BCUT2D eigenvalue weighted by Gasteiger charge is 2.32. The maximum absolute atomic E-state index is 13.9. The van der Waals surface area contributed by atoms with E-state index in [0.717, 1.165) is 42.4 Å². The number of rotatable bonds is 9. The largest absolute Gasteiger partial charge is 0.352 e. The van der Waals surface area contributed by atoms with Crippen molar-refractivity contribution in [2.45, 2.75) is 63.6 Å². The first-order valence-electron chi connectivity index (χ1n) is 12.7. The van der Waals surface area contributed by atoms with Gasteiger partial charge in [-0.15, -0.1) is 0 Å². The summed E-state index contributed by atoms with van der Waals surface area (Å²) in [5.74, 6) is -0.278. The molecule has 1 atom stereocenters. The smallest absolute Gasteiger partial charge is 0.243 e. The molecular formula is C30H31Cl3N2O2. The Kier molecular flexibility index (Phi) is 9.90. The zero-order chi connectivity index (χ0) is 26.2. The second-order valence-electron chi connectivity index (χ2n) is 9.62. The molecule has 0 bridgehead atoms. The number of halogens is 3. The summed E-state index contributed by atoms with van der Waals surface area (Å²) in [6.45, 7) is 0.285. The molecule has 0 spiro atoms. The van der Waals surface area contributed by atoms with E-state index in [1.807, 2.05) is 42.5 Å². The molecule has 1 saturated carbocycles. The molecule has 1 N–H and O–H groups in total. The van der Waals surface area contributed by atoms with Gasteiger partial charge in [0.2, 0.25) is 11.8 Å². The summed E-state index contributed by atoms with van der Waals surface area (Å²) in [6, 6.07) is 21.9. The molecule has 3 aromatic carbocycles. The average molecular weight is 558 g/mol. The Labute approximate surface area is 233 Å². The number of hydrogen-bond donors (Lipinski definition) is 1. The van der Waals surface area contributed by atoms with Crippen LogP contribution < -0.4 is 5.32 Å². The Balaban J connectivity index is 1.65. The molecule has 4 rings (SSSR count). The molecule has 0 saturated heterocycles. The lowest BCUT2D eigenvalue weighted by Gasteiger charge is -2.33. The van der Waals surface area contributed by atoms with Crippen molar-refractivity contribution in [3.05, 3.63) is 105 Å². The topological polar surface area (TPSA) is 49.4 Å². The van der Waals surface area contributed by atoms with Crippen LogP contribution in [0.15, 0.2) is 72.8 Å². The molecule has 0 radical (unpaired) electrons. The maximum atomic E-state index is 13.9. The molecule has 3 aromatic rings. The van der Waals surface area contributed by atoms with Gasteiger partial charge in [0.15, 0.2) is 0 Å². The molecule has 7 heteroatoms. The summed E-state index contributed by atoms with van der Waals surface area (Å²) in [5.41, 5.74) is 2.64. The molecule has 1 aliphatic carbocycles. The third kappa shape index (κ3) is 7.98. The van der Waals surface area contributed by atoms with Crippen molar-refractivity contribution in [3.63, 3.8) is 0 Å². The minimum Gasteiger partial charge on any atom is -0.352 e. The highest BCUT2D eigenvalue weighted by atomic mass is 35.5. The molecule has 2 amide bonds. The average Bonchev–Trinajstić information content (AvgIpc) is 2.90. The quantitative estimate of drug-likeness (QED) is 0.301. The minimum absolute atomic E-state index is 0.104. The van der Waals surface area contributed by atoms with E-state index < -0.39 is 6.04 Å². The van der Waals surface area contributed by atoms with Gasteiger partial charge in [-0.25, -0.2) is 0 Å². The molecule has 4 nitrogen and oxygen atoms in total. The van der Waals surface area contributed by atoms with Crippen molar-refractivity contribution < 1.29 is 9.59 Å². The fourth-order valence-corrected chi connectivity index (χ4v) is 5.26. The Hall–Kier alpha value is -2.53. The van der Waals surface area contributed by atoms with E-state index in [1.165, 1.54) is 6.42 Å². The molecular weight excluding hydrogens is 527 g/mol. The van der Waals surface area contributed by atoms with Crippen LogP contribution in [0.4, 0.5) is 0 Å². The summed E-state index contributed by atoms with van der Waals surface area (Å²) < 4.78 is 0. The fraction of sp³-hybridized carbons (Fsp3) is 0.333. The lowest BCUT2D eigenvalue weighted by molar-refractivity contribution is -0.141. The molecule has 1 aliphatic rings. The van der Waals surface area contributed by atoms with Crippen molar-refractivity contribution in [1.29, 1.82) is 0 Å². The van der Waals surface area contributed by atoms with Crippen LogP contribution in [-0.4, -0.2) is 28.8 Å². The van der Waals surface area contributed by atoms with Gasteiger partial charge in [0.25, 0.3) is 0 Å². The standard InChI is InChI=1S/C30H31Cl3N2O2/c31-24-14-11-22(12-15-24)20-35(29(36)19-23-13-16-26(32)27(33)17-23)28(18-21-7-3-1-4-8-21)30(37)34-25-9-5-2-6-10-25/h1,3-4,7-8,11-17,25,28H,2,5-6,9-10,18-20H2,(H,34,37)/t28-/m1/s1. The van der Waals surface area contributed by atoms with E-state index in [2.05, 4.69) is 5.32 Å². The van der Waals surface area contributed by atoms with Crippen molar-refractivity contribution in [2.24, 2.45) is 0 Å². The fourth-order valence-electron chi connectivity index (χ4n) is 4.81. The van der Waals surface area contributed by atoms with E-state index in [1.54, 1.807) is 35.2 Å². The molecule has 0 aromatic heterocycles. The number of amides is 2. The Morgan fingerprint density at radius 1 is 0.811 bits per heavy atom. The van der Waals surface area contributed by atoms with E-state index in [9.17, 15) is 9.59 Å². The monoisotopic (exact) mass is 556 g/mol. The third-order valence-corrected chi connectivity index (χ3v) is 7.82.